The molecule has 7 nitrogen and oxygen atoms in total. The van der Waals surface area contributed by atoms with Crippen LogP contribution in [0.15, 0.2) is 78.9 Å². The van der Waals surface area contributed by atoms with Crippen LogP contribution in [0.4, 0.5) is 11.4 Å². The third-order valence-corrected chi connectivity index (χ3v) is 3.90. The molecule has 0 radical (unpaired) electrons. The molecule has 0 aromatic heterocycles. The van der Waals surface area contributed by atoms with Crippen LogP contribution in [0.1, 0.15) is 20.7 Å². The van der Waals surface area contributed by atoms with Crippen molar-refractivity contribution in [3.63, 3.8) is 0 Å². The molecule has 0 atom stereocenters. The molecule has 0 heterocycles. The molecular weight excluding hydrogens is 360 g/mol. The van der Waals surface area contributed by atoms with Crippen molar-refractivity contribution in [3.05, 3.63) is 100 Å². The minimum absolute atomic E-state index is 0.0879. The minimum Gasteiger partial charge on any atom is -0.485 e. The number of nitrogens with one attached hydrogen (secondary N) is 1. The molecular formula is C21H16N2O5. The third-order valence-electron chi connectivity index (χ3n) is 3.90. The van der Waals surface area contributed by atoms with Crippen molar-refractivity contribution >= 4 is 23.1 Å². The number of carbonyl (C=O) groups excluding carboxylic acids is 2. The lowest BCUT2D eigenvalue weighted by Crippen LogP contribution is -2.13. The topological polar surface area (TPSA) is 98.5 Å². The molecule has 28 heavy (non-hydrogen) atoms. The molecule has 0 bridgehead atoms. The van der Waals surface area contributed by atoms with Gasteiger partial charge in [-0.2, -0.15) is 0 Å². The second-order valence-electron chi connectivity index (χ2n) is 5.86. The summed E-state index contributed by atoms with van der Waals surface area (Å²) in [6.45, 7) is -0.121. The number of ketones is 1. The number of hydrogen-bond acceptors (Lipinski definition) is 5. The Kier molecular flexibility index (Phi) is 5.76. The number of nitro benzene ring substituents is 1. The highest BCUT2D eigenvalue weighted by molar-refractivity contribution is 6.04. The van der Waals surface area contributed by atoms with Gasteiger partial charge in [0.05, 0.1) is 4.92 Å². The first-order valence-corrected chi connectivity index (χ1v) is 8.40. The Labute approximate surface area is 160 Å². The Balaban J connectivity index is 1.62. The van der Waals surface area contributed by atoms with Crippen molar-refractivity contribution in [2.45, 2.75) is 0 Å². The van der Waals surface area contributed by atoms with E-state index in [4.69, 9.17) is 4.74 Å². The lowest BCUT2D eigenvalue weighted by Gasteiger charge is -2.09. The van der Waals surface area contributed by atoms with E-state index in [1.54, 1.807) is 48.5 Å². The average molecular weight is 376 g/mol. The van der Waals surface area contributed by atoms with Gasteiger partial charge in [-0.1, -0.05) is 36.4 Å². The molecule has 0 aliphatic carbocycles. The predicted octanol–water partition coefficient (Wildman–Crippen LogP) is 4.11. The van der Waals surface area contributed by atoms with Crippen LogP contribution in [0.5, 0.6) is 5.75 Å². The molecule has 0 aliphatic heterocycles. The van der Waals surface area contributed by atoms with Crippen molar-refractivity contribution in [3.8, 4) is 5.75 Å². The number of benzene rings is 3. The molecule has 3 rings (SSSR count). The van der Waals surface area contributed by atoms with Gasteiger partial charge in [-0.3, -0.25) is 19.7 Å². The number of anilines is 1. The Morgan fingerprint density at radius 3 is 2.29 bits per heavy atom. The third kappa shape index (κ3) is 4.79. The van der Waals surface area contributed by atoms with Gasteiger partial charge in [-0.15, -0.1) is 0 Å². The molecule has 3 aromatic rings. The number of nitro groups is 1. The summed E-state index contributed by atoms with van der Waals surface area (Å²) in [4.78, 5) is 34.5. The second-order valence-corrected chi connectivity index (χ2v) is 5.86. The Hall–Kier alpha value is -4.00. The molecule has 0 aliphatic rings. The van der Waals surface area contributed by atoms with Crippen molar-refractivity contribution in [2.75, 3.05) is 11.9 Å². The summed E-state index contributed by atoms with van der Waals surface area (Å²) in [6, 6.07) is 20.8. The van der Waals surface area contributed by atoms with Crippen LogP contribution in [0, 0.1) is 10.1 Å². The lowest BCUT2D eigenvalue weighted by molar-refractivity contribution is -0.384. The first kappa shape index (κ1) is 18.8. The molecule has 0 saturated carbocycles. The van der Waals surface area contributed by atoms with E-state index in [9.17, 15) is 19.7 Å². The summed E-state index contributed by atoms with van der Waals surface area (Å²) in [6.07, 6.45) is 0. The van der Waals surface area contributed by atoms with Crippen molar-refractivity contribution in [2.24, 2.45) is 0 Å². The van der Waals surface area contributed by atoms with E-state index in [1.807, 2.05) is 6.07 Å². The van der Waals surface area contributed by atoms with Crippen LogP contribution in [0.2, 0.25) is 0 Å². The van der Waals surface area contributed by atoms with E-state index < -0.39 is 10.8 Å². The number of amides is 1. The van der Waals surface area contributed by atoms with E-state index in [2.05, 4.69) is 5.32 Å². The van der Waals surface area contributed by atoms with E-state index in [0.717, 1.165) is 0 Å². The highest BCUT2D eigenvalue weighted by Gasteiger charge is 2.11. The number of ether oxygens (including phenoxy) is 1. The monoisotopic (exact) mass is 376 g/mol. The van der Waals surface area contributed by atoms with Crippen LogP contribution >= 0.6 is 0 Å². The highest BCUT2D eigenvalue weighted by Crippen LogP contribution is 2.19. The van der Waals surface area contributed by atoms with Crippen LogP contribution in [0.25, 0.3) is 0 Å². The SMILES string of the molecule is O=C(COc1cccc(NC(=O)c2ccc([N+](=O)[O-])cc2)c1)c1ccccc1. The largest absolute Gasteiger partial charge is 0.485 e. The van der Waals surface area contributed by atoms with Gasteiger partial charge in [0, 0.05) is 35.0 Å². The lowest BCUT2D eigenvalue weighted by atomic mass is 10.1. The Morgan fingerprint density at radius 2 is 1.61 bits per heavy atom. The van der Waals surface area contributed by atoms with Crippen LogP contribution < -0.4 is 10.1 Å². The van der Waals surface area contributed by atoms with Crippen LogP contribution in [-0.4, -0.2) is 23.2 Å². The molecule has 3 aromatic carbocycles. The molecule has 1 amide bonds. The number of hydrogen-bond donors (Lipinski definition) is 1. The average Bonchev–Trinajstić information content (AvgIpc) is 2.73. The van der Waals surface area contributed by atoms with E-state index in [1.165, 1.54) is 24.3 Å². The number of nitrogens with zero attached hydrogens (tertiary/aromatic N) is 1. The van der Waals surface area contributed by atoms with Gasteiger partial charge >= 0.3 is 0 Å². The molecule has 0 spiro atoms. The normalized spacial score (nSPS) is 10.1. The summed E-state index contributed by atoms with van der Waals surface area (Å²) >= 11 is 0. The zero-order chi connectivity index (χ0) is 19.9. The zero-order valence-electron chi connectivity index (χ0n) is 14.7. The maximum absolute atomic E-state index is 12.3. The van der Waals surface area contributed by atoms with Gasteiger partial charge in [0.25, 0.3) is 11.6 Å². The van der Waals surface area contributed by atoms with Gasteiger partial charge in [-0.05, 0) is 24.3 Å². The molecule has 1 N–H and O–H groups in total. The standard InChI is InChI=1S/C21H16N2O5/c24-20(15-5-2-1-3-6-15)14-28-19-8-4-7-17(13-19)22-21(25)16-9-11-18(12-10-16)23(26)27/h1-13H,14H2,(H,22,25). The van der Waals surface area contributed by atoms with E-state index in [0.29, 0.717) is 17.0 Å². The van der Waals surface area contributed by atoms with Gasteiger partial charge in [-0.25, -0.2) is 0 Å². The minimum atomic E-state index is -0.529. The van der Waals surface area contributed by atoms with E-state index >= 15 is 0 Å². The molecule has 0 saturated heterocycles. The van der Waals surface area contributed by atoms with Crippen molar-refractivity contribution in [1.82, 2.24) is 0 Å². The fraction of sp³-hybridized carbons (Fsp3) is 0.0476. The predicted molar refractivity (Wildman–Crippen MR) is 104 cm³/mol. The summed E-state index contributed by atoms with van der Waals surface area (Å²) in [5.41, 5.74) is 1.24. The molecule has 7 heteroatoms. The zero-order valence-corrected chi connectivity index (χ0v) is 14.7. The van der Waals surface area contributed by atoms with Gasteiger partial charge in [0.1, 0.15) is 5.75 Å². The van der Waals surface area contributed by atoms with Crippen LogP contribution in [-0.2, 0) is 0 Å². The maximum Gasteiger partial charge on any atom is 0.269 e. The molecule has 0 unspecified atom stereocenters. The molecule has 0 fully saturated rings. The summed E-state index contributed by atoms with van der Waals surface area (Å²) in [7, 11) is 0. The van der Waals surface area contributed by atoms with Crippen molar-refractivity contribution < 1.29 is 19.2 Å². The van der Waals surface area contributed by atoms with Gasteiger partial charge < -0.3 is 10.1 Å². The van der Waals surface area contributed by atoms with Crippen molar-refractivity contribution in [1.29, 1.82) is 0 Å². The quantitative estimate of drug-likeness (QED) is 0.380. The molecule has 140 valence electrons. The fourth-order valence-corrected chi connectivity index (χ4v) is 2.46. The van der Waals surface area contributed by atoms with Gasteiger partial charge in [0.2, 0.25) is 0 Å². The Bertz CT molecular complexity index is 1000. The second kappa shape index (κ2) is 8.59. The smallest absolute Gasteiger partial charge is 0.269 e. The van der Waals surface area contributed by atoms with Gasteiger partial charge in [0.15, 0.2) is 12.4 Å². The number of rotatable bonds is 7. The summed E-state index contributed by atoms with van der Waals surface area (Å²) in [5, 5.41) is 13.4. The number of carbonyl (C=O) groups is 2. The maximum atomic E-state index is 12.3. The summed E-state index contributed by atoms with van der Waals surface area (Å²) < 4.78 is 5.52. The van der Waals surface area contributed by atoms with E-state index in [-0.39, 0.29) is 23.6 Å². The first-order chi connectivity index (χ1) is 13.5. The number of Topliss-reactive ketones (excluding diaryl/α,β-unsaturated/α-hetero) is 1. The Morgan fingerprint density at radius 1 is 0.893 bits per heavy atom. The number of non-ortho nitro benzene ring substituents is 1. The fourth-order valence-electron chi connectivity index (χ4n) is 2.46. The first-order valence-electron chi connectivity index (χ1n) is 8.40. The highest BCUT2D eigenvalue weighted by atomic mass is 16.6. The summed E-state index contributed by atoms with van der Waals surface area (Å²) in [5.74, 6) is -0.126. The van der Waals surface area contributed by atoms with Crippen LogP contribution in [0.3, 0.4) is 0 Å².